The van der Waals surface area contributed by atoms with Crippen molar-refractivity contribution in [1.82, 2.24) is 14.9 Å². The van der Waals surface area contributed by atoms with Crippen molar-refractivity contribution >= 4 is 5.82 Å². The van der Waals surface area contributed by atoms with Gasteiger partial charge in [0.2, 0.25) is 0 Å². The summed E-state index contributed by atoms with van der Waals surface area (Å²) < 4.78 is 0. The lowest BCUT2D eigenvalue weighted by Crippen LogP contribution is -2.38. The molecular formula is C16H22N4O. The standard InChI is InChI=1S/C16H22N4O/c1-16(2,21)12-20(10-13-6-4-3-5-7-13)11-15-18-9-8-14(17)19-15/h3-9,21H,10-12H2,1-2H3,(H2,17,18,19). The van der Waals surface area contributed by atoms with Crippen molar-refractivity contribution < 1.29 is 5.11 Å². The van der Waals surface area contributed by atoms with Gasteiger partial charge < -0.3 is 10.8 Å². The average molecular weight is 286 g/mol. The van der Waals surface area contributed by atoms with E-state index in [1.54, 1.807) is 26.1 Å². The number of rotatable bonds is 6. The number of benzene rings is 1. The minimum atomic E-state index is -0.783. The molecule has 0 amide bonds. The largest absolute Gasteiger partial charge is 0.389 e. The third-order valence-electron chi connectivity index (χ3n) is 2.95. The van der Waals surface area contributed by atoms with E-state index >= 15 is 0 Å². The van der Waals surface area contributed by atoms with Crippen LogP contribution in [0.2, 0.25) is 0 Å². The van der Waals surface area contributed by atoms with Gasteiger partial charge in [-0.2, -0.15) is 0 Å². The van der Waals surface area contributed by atoms with E-state index in [1.807, 2.05) is 18.2 Å². The Morgan fingerprint density at radius 1 is 1.14 bits per heavy atom. The van der Waals surface area contributed by atoms with E-state index in [4.69, 9.17) is 5.73 Å². The van der Waals surface area contributed by atoms with Gasteiger partial charge in [0.05, 0.1) is 12.1 Å². The SMILES string of the molecule is CC(C)(O)CN(Cc1ccccc1)Cc1nccc(N)n1. The highest BCUT2D eigenvalue weighted by molar-refractivity contribution is 5.25. The second-order valence-corrected chi connectivity index (χ2v) is 5.84. The Bertz CT molecular complexity index is 566. The number of hydrogen-bond acceptors (Lipinski definition) is 5. The van der Waals surface area contributed by atoms with E-state index in [0.717, 1.165) is 6.54 Å². The molecule has 1 heterocycles. The fourth-order valence-corrected chi connectivity index (χ4v) is 2.25. The fraction of sp³-hybridized carbons (Fsp3) is 0.375. The third kappa shape index (κ3) is 5.49. The Kier molecular flexibility index (Phi) is 4.88. The topological polar surface area (TPSA) is 75.3 Å². The summed E-state index contributed by atoms with van der Waals surface area (Å²) in [5.74, 6) is 1.12. The fourth-order valence-electron chi connectivity index (χ4n) is 2.25. The van der Waals surface area contributed by atoms with Crippen LogP contribution in [-0.4, -0.2) is 32.1 Å². The van der Waals surface area contributed by atoms with Crippen LogP contribution in [0.1, 0.15) is 25.2 Å². The van der Waals surface area contributed by atoms with Gasteiger partial charge in [0.1, 0.15) is 11.6 Å². The summed E-state index contributed by atoms with van der Waals surface area (Å²) >= 11 is 0. The molecule has 112 valence electrons. The van der Waals surface area contributed by atoms with Gasteiger partial charge >= 0.3 is 0 Å². The Morgan fingerprint density at radius 3 is 2.48 bits per heavy atom. The first-order valence-corrected chi connectivity index (χ1v) is 6.98. The van der Waals surface area contributed by atoms with E-state index in [9.17, 15) is 5.11 Å². The smallest absolute Gasteiger partial charge is 0.144 e. The van der Waals surface area contributed by atoms with Crippen molar-refractivity contribution in [1.29, 1.82) is 0 Å². The average Bonchev–Trinajstić information content (AvgIpc) is 2.37. The Hall–Kier alpha value is -1.98. The van der Waals surface area contributed by atoms with Crippen LogP contribution in [0.25, 0.3) is 0 Å². The van der Waals surface area contributed by atoms with Crippen LogP contribution in [0.4, 0.5) is 5.82 Å². The molecule has 0 unspecified atom stereocenters. The third-order valence-corrected chi connectivity index (χ3v) is 2.95. The molecule has 2 aromatic rings. The molecule has 0 atom stereocenters. The molecule has 1 aromatic carbocycles. The molecule has 5 nitrogen and oxygen atoms in total. The molecule has 21 heavy (non-hydrogen) atoms. The van der Waals surface area contributed by atoms with Gasteiger partial charge in [0, 0.05) is 19.3 Å². The quantitative estimate of drug-likeness (QED) is 0.847. The summed E-state index contributed by atoms with van der Waals surface area (Å²) in [5, 5.41) is 10.1. The van der Waals surface area contributed by atoms with E-state index in [0.29, 0.717) is 24.7 Å². The number of nitrogen functional groups attached to an aromatic ring is 1. The summed E-state index contributed by atoms with van der Waals surface area (Å²) in [4.78, 5) is 10.6. The molecule has 0 saturated heterocycles. The number of nitrogens with two attached hydrogens (primary N) is 1. The van der Waals surface area contributed by atoms with Crippen molar-refractivity contribution in [2.45, 2.75) is 32.5 Å². The number of aliphatic hydroxyl groups is 1. The van der Waals surface area contributed by atoms with Crippen molar-refractivity contribution in [2.75, 3.05) is 12.3 Å². The van der Waals surface area contributed by atoms with Crippen molar-refractivity contribution in [3.8, 4) is 0 Å². The van der Waals surface area contributed by atoms with Crippen molar-refractivity contribution in [2.24, 2.45) is 0 Å². The number of hydrogen-bond donors (Lipinski definition) is 2. The summed E-state index contributed by atoms with van der Waals surface area (Å²) in [5.41, 5.74) is 6.10. The molecule has 0 aliphatic heterocycles. The summed E-state index contributed by atoms with van der Waals surface area (Å²) in [6.07, 6.45) is 1.66. The Balaban J connectivity index is 2.12. The highest BCUT2D eigenvalue weighted by atomic mass is 16.3. The molecule has 3 N–H and O–H groups in total. The van der Waals surface area contributed by atoms with Gasteiger partial charge in [0.15, 0.2) is 0 Å². The molecule has 0 aliphatic rings. The number of nitrogens with zero attached hydrogens (tertiary/aromatic N) is 3. The minimum absolute atomic E-state index is 0.461. The van der Waals surface area contributed by atoms with Crippen LogP contribution in [0, 0.1) is 0 Å². The monoisotopic (exact) mass is 286 g/mol. The lowest BCUT2D eigenvalue weighted by atomic mass is 10.1. The van der Waals surface area contributed by atoms with Crippen LogP contribution in [0.5, 0.6) is 0 Å². The molecular weight excluding hydrogens is 264 g/mol. The summed E-state index contributed by atoms with van der Waals surface area (Å²) in [6, 6.07) is 11.8. The lowest BCUT2D eigenvalue weighted by molar-refractivity contribution is 0.0298. The predicted molar refractivity (Wildman–Crippen MR) is 83.3 cm³/mol. The molecule has 0 saturated carbocycles. The minimum Gasteiger partial charge on any atom is -0.389 e. The van der Waals surface area contributed by atoms with Crippen molar-refractivity contribution in [3.63, 3.8) is 0 Å². The molecule has 2 rings (SSSR count). The predicted octanol–water partition coefficient (Wildman–Crippen LogP) is 1.83. The van der Waals surface area contributed by atoms with E-state index < -0.39 is 5.60 Å². The van der Waals surface area contributed by atoms with E-state index in [-0.39, 0.29) is 0 Å². The van der Waals surface area contributed by atoms with Crippen LogP contribution in [-0.2, 0) is 13.1 Å². The molecule has 1 aromatic heterocycles. The maximum absolute atomic E-state index is 10.1. The van der Waals surface area contributed by atoms with Gasteiger partial charge in [-0.05, 0) is 25.5 Å². The normalized spacial score (nSPS) is 11.8. The highest BCUT2D eigenvalue weighted by Gasteiger charge is 2.19. The van der Waals surface area contributed by atoms with Crippen LogP contribution < -0.4 is 5.73 Å². The number of anilines is 1. The second-order valence-electron chi connectivity index (χ2n) is 5.84. The first kappa shape index (κ1) is 15.4. The Labute approximate surface area is 125 Å². The summed E-state index contributed by atoms with van der Waals surface area (Å²) in [7, 11) is 0. The second kappa shape index (κ2) is 6.65. The zero-order valence-corrected chi connectivity index (χ0v) is 12.5. The zero-order valence-electron chi connectivity index (χ0n) is 12.5. The zero-order chi connectivity index (χ0) is 15.3. The van der Waals surface area contributed by atoms with Crippen LogP contribution in [0.3, 0.4) is 0 Å². The molecule has 5 heteroatoms. The first-order valence-electron chi connectivity index (χ1n) is 6.98. The van der Waals surface area contributed by atoms with Gasteiger partial charge in [-0.3, -0.25) is 4.90 Å². The van der Waals surface area contributed by atoms with Crippen LogP contribution in [0.15, 0.2) is 42.6 Å². The van der Waals surface area contributed by atoms with Gasteiger partial charge in [-0.25, -0.2) is 9.97 Å². The van der Waals surface area contributed by atoms with Gasteiger partial charge in [0.25, 0.3) is 0 Å². The van der Waals surface area contributed by atoms with Gasteiger partial charge in [-0.15, -0.1) is 0 Å². The highest BCUT2D eigenvalue weighted by Crippen LogP contribution is 2.13. The maximum Gasteiger partial charge on any atom is 0.144 e. The molecule has 0 bridgehead atoms. The van der Waals surface area contributed by atoms with Crippen molar-refractivity contribution in [3.05, 3.63) is 54.0 Å². The number of aromatic nitrogens is 2. The lowest BCUT2D eigenvalue weighted by Gasteiger charge is -2.28. The molecule has 0 fully saturated rings. The van der Waals surface area contributed by atoms with E-state index in [1.165, 1.54) is 5.56 Å². The molecule has 0 spiro atoms. The summed E-state index contributed by atoms with van der Waals surface area (Å²) in [6.45, 7) is 5.39. The molecule has 0 aliphatic carbocycles. The maximum atomic E-state index is 10.1. The molecule has 0 radical (unpaired) electrons. The van der Waals surface area contributed by atoms with Gasteiger partial charge in [-0.1, -0.05) is 30.3 Å². The van der Waals surface area contributed by atoms with Crippen LogP contribution >= 0.6 is 0 Å². The first-order chi connectivity index (χ1) is 9.92. The van der Waals surface area contributed by atoms with E-state index in [2.05, 4.69) is 27.0 Å². The Morgan fingerprint density at radius 2 is 1.86 bits per heavy atom.